The number of hydrogen-bond acceptors (Lipinski definition) is 5. The number of halogens is 1. The molecule has 0 aliphatic carbocycles. The minimum Gasteiger partial charge on any atom is -0.457 e. The zero-order valence-electron chi connectivity index (χ0n) is 18.6. The smallest absolute Gasteiger partial charge is 0.277 e. The molecule has 8 nitrogen and oxygen atoms in total. The Bertz CT molecular complexity index is 1330. The van der Waals surface area contributed by atoms with Crippen molar-refractivity contribution < 1.29 is 18.7 Å². The predicted octanol–water partition coefficient (Wildman–Crippen LogP) is 4.24. The first-order chi connectivity index (χ1) is 16.4. The summed E-state index contributed by atoms with van der Waals surface area (Å²) in [5, 5.41) is 9.58. The van der Waals surface area contributed by atoms with E-state index in [1.165, 1.54) is 23.0 Å². The van der Waals surface area contributed by atoms with Crippen LogP contribution < -0.4 is 15.4 Å². The zero-order chi connectivity index (χ0) is 24.1. The van der Waals surface area contributed by atoms with Crippen molar-refractivity contribution in [3.63, 3.8) is 0 Å². The molecule has 0 spiro atoms. The van der Waals surface area contributed by atoms with Gasteiger partial charge in [0.1, 0.15) is 23.1 Å². The Morgan fingerprint density at radius 1 is 1.06 bits per heavy atom. The van der Waals surface area contributed by atoms with Gasteiger partial charge in [0.15, 0.2) is 5.69 Å². The Morgan fingerprint density at radius 3 is 2.59 bits per heavy atom. The minimum absolute atomic E-state index is 0.269. The van der Waals surface area contributed by atoms with E-state index in [4.69, 9.17) is 4.74 Å². The fraction of sp³-hybridized carbons (Fsp3) is 0.120. The van der Waals surface area contributed by atoms with Crippen molar-refractivity contribution in [2.24, 2.45) is 7.05 Å². The molecule has 0 aliphatic heterocycles. The first-order valence-electron chi connectivity index (χ1n) is 10.5. The van der Waals surface area contributed by atoms with E-state index in [0.29, 0.717) is 28.4 Å². The van der Waals surface area contributed by atoms with Crippen LogP contribution in [0, 0.1) is 12.7 Å². The van der Waals surface area contributed by atoms with Gasteiger partial charge in [0.2, 0.25) is 0 Å². The number of carbonyl (C=O) groups excluding carboxylic acids is 2. The summed E-state index contributed by atoms with van der Waals surface area (Å²) in [6, 6.07) is 16.0. The Balaban J connectivity index is 1.44. The maximum atomic E-state index is 13.1. The van der Waals surface area contributed by atoms with Gasteiger partial charge in [-0.2, -0.15) is 5.10 Å². The van der Waals surface area contributed by atoms with Crippen LogP contribution >= 0.6 is 0 Å². The number of aromatic nitrogens is 3. The van der Waals surface area contributed by atoms with Crippen molar-refractivity contribution in [1.82, 2.24) is 20.1 Å². The Labute approximate surface area is 195 Å². The van der Waals surface area contributed by atoms with Crippen molar-refractivity contribution in [3.8, 4) is 11.5 Å². The normalized spacial score (nSPS) is 10.6. The highest BCUT2D eigenvalue weighted by Crippen LogP contribution is 2.28. The maximum absolute atomic E-state index is 13.1. The molecule has 34 heavy (non-hydrogen) atoms. The van der Waals surface area contributed by atoms with Gasteiger partial charge < -0.3 is 15.4 Å². The molecular formula is C25H22FN5O3. The van der Waals surface area contributed by atoms with Crippen LogP contribution in [0.4, 0.5) is 10.2 Å². The molecule has 0 bridgehead atoms. The fourth-order valence-electron chi connectivity index (χ4n) is 3.24. The van der Waals surface area contributed by atoms with Crippen LogP contribution in [0.15, 0.2) is 73.1 Å². The molecular weight excluding hydrogens is 437 g/mol. The average Bonchev–Trinajstić information content (AvgIpc) is 3.27. The SMILES string of the molecule is Cc1c(Oc2ccnc(NC(=O)c3ccn(C)n3)c2)cccc1C(=O)NCc1ccc(F)cc1. The van der Waals surface area contributed by atoms with E-state index in [0.717, 1.165) is 5.56 Å². The van der Waals surface area contributed by atoms with Crippen LogP contribution in [-0.4, -0.2) is 26.6 Å². The summed E-state index contributed by atoms with van der Waals surface area (Å²) in [7, 11) is 1.73. The Hall–Kier alpha value is -4.53. The largest absolute Gasteiger partial charge is 0.457 e. The number of rotatable bonds is 7. The lowest BCUT2D eigenvalue weighted by Crippen LogP contribution is -2.23. The summed E-state index contributed by atoms with van der Waals surface area (Å²) in [4.78, 5) is 29.2. The monoisotopic (exact) mass is 459 g/mol. The van der Waals surface area contributed by atoms with Crippen LogP contribution in [0.25, 0.3) is 0 Å². The average molecular weight is 459 g/mol. The highest BCUT2D eigenvalue weighted by molar-refractivity contribution is 6.02. The molecule has 2 heterocycles. The predicted molar refractivity (Wildman–Crippen MR) is 124 cm³/mol. The molecule has 0 fully saturated rings. The van der Waals surface area contributed by atoms with Crippen molar-refractivity contribution >= 4 is 17.6 Å². The number of benzene rings is 2. The van der Waals surface area contributed by atoms with E-state index in [9.17, 15) is 14.0 Å². The summed E-state index contributed by atoms with van der Waals surface area (Å²) in [6.45, 7) is 2.06. The van der Waals surface area contributed by atoms with Crippen LogP contribution in [0.2, 0.25) is 0 Å². The van der Waals surface area contributed by atoms with Crippen LogP contribution in [-0.2, 0) is 13.6 Å². The van der Waals surface area contributed by atoms with Crippen molar-refractivity contribution in [2.75, 3.05) is 5.32 Å². The van der Waals surface area contributed by atoms with E-state index in [-0.39, 0.29) is 29.9 Å². The molecule has 9 heteroatoms. The van der Waals surface area contributed by atoms with Crippen LogP contribution in [0.3, 0.4) is 0 Å². The molecule has 172 valence electrons. The fourth-order valence-corrected chi connectivity index (χ4v) is 3.24. The van der Waals surface area contributed by atoms with E-state index in [2.05, 4.69) is 20.7 Å². The minimum atomic E-state index is -0.388. The van der Waals surface area contributed by atoms with Gasteiger partial charge in [-0.3, -0.25) is 14.3 Å². The van der Waals surface area contributed by atoms with Gasteiger partial charge >= 0.3 is 0 Å². The van der Waals surface area contributed by atoms with Crippen LogP contribution in [0.5, 0.6) is 11.5 Å². The van der Waals surface area contributed by atoms with Crippen LogP contribution in [0.1, 0.15) is 32.0 Å². The molecule has 0 unspecified atom stereocenters. The number of nitrogens with one attached hydrogen (secondary N) is 2. The molecule has 2 aromatic carbocycles. The van der Waals surface area contributed by atoms with Crippen molar-refractivity contribution in [2.45, 2.75) is 13.5 Å². The second kappa shape index (κ2) is 9.95. The number of anilines is 1. The lowest BCUT2D eigenvalue weighted by molar-refractivity contribution is 0.0949. The van der Waals surface area contributed by atoms with Gasteiger partial charge in [-0.05, 0) is 48.9 Å². The highest BCUT2D eigenvalue weighted by Gasteiger charge is 2.14. The van der Waals surface area contributed by atoms with E-state index < -0.39 is 0 Å². The molecule has 2 aromatic heterocycles. The quantitative estimate of drug-likeness (QED) is 0.431. The Kier molecular flexibility index (Phi) is 6.63. The zero-order valence-corrected chi connectivity index (χ0v) is 18.6. The van der Waals surface area contributed by atoms with Gasteiger partial charge in [0.25, 0.3) is 11.8 Å². The lowest BCUT2D eigenvalue weighted by atomic mass is 10.1. The third-order valence-electron chi connectivity index (χ3n) is 5.04. The first-order valence-corrected chi connectivity index (χ1v) is 10.5. The van der Waals surface area contributed by atoms with Gasteiger partial charge in [-0.25, -0.2) is 9.37 Å². The third-order valence-corrected chi connectivity index (χ3v) is 5.04. The number of aryl methyl sites for hydroxylation is 1. The highest BCUT2D eigenvalue weighted by atomic mass is 19.1. The molecule has 2 amide bonds. The number of hydrogen-bond donors (Lipinski definition) is 2. The summed E-state index contributed by atoms with van der Waals surface area (Å²) >= 11 is 0. The topological polar surface area (TPSA) is 98.1 Å². The third kappa shape index (κ3) is 5.44. The Morgan fingerprint density at radius 2 is 1.85 bits per heavy atom. The number of nitrogens with zero attached hydrogens (tertiary/aromatic N) is 3. The molecule has 0 saturated heterocycles. The molecule has 0 atom stereocenters. The van der Waals surface area contributed by atoms with E-state index >= 15 is 0 Å². The number of ether oxygens (including phenoxy) is 1. The molecule has 0 aliphatic rings. The standard InChI is InChI=1S/C25H22FN5O3/c1-16-20(24(32)28-15-17-6-8-18(26)9-7-17)4-3-5-22(16)34-19-10-12-27-23(14-19)29-25(33)21-11-13-31(2)30-21/h3-14H,15H2,1-2H3,(H,28,32)(H,27,29,33). The summed E-state index contributed by atoms with van der Waals surface area (Å²) < 4.78 is 20.6. The number of pyridine rings is 1. The molecule has 2 N–H and O–H groups in total. The second-order valence-electron chi connectivity index (χ2n) is 7.55. The summed E-state index contributed by atoms with van der Waals surface area (Å²) in [6.07, 6.45) is 3.19. The van der Waals surface area contributed by atoms with Gasteiger partial charge in [0.05, 0.1) is 0 Å². The number of amides is 2. The molecule has 4 aromatic rings. The molecule has 0 saturated carbocycles. The van der Waals surface area contributed by atoms with E-state index in [1.807, 2.05) is 0 Å². The second-order valence-corrected chi connectivity index (χ2v) is 7.55. The number of carbonyl (C=O) groups is 2. The maximum Gasteiger partial charge on any atom is 0.277 e. The van der Waals surface area contributed by atoms with E-state index in [1.54, 1.807) is 68.7 Å². The van der Waals surface area contributed by atoms with Gasteiger partial charge in [-0.1, -0.05) is 18.2 Å². The summed E-state index contributed by atoms with van der Waals surface area (Å²) in [5.74, 6) is 0.248. The molecule has 0 radical (unpaired) electrons. The van der Waals surface area contributed by atoms with Gasteiger partial charge in [-0.15, -0.1) is 0 Å². The molecule has 4 rings (SSSR count). The summed E-state index contributed by atoms with van der Waals surface area (Å²) in [5.41, 5.74) is 2.16. The first kappa shape index (κ1) is 22.7. The van der Waals surface area contributed by atoms with Gasteiger partial charge in [0, 0.05) is 43.2 Å². The van der Waals surface area contributed by atoms with Crippen molar-refractivity contribution in [3.05, 3.63) is 101 Å². The lowest BCUT2D eigenvalue weighted by Gasteiger charge is -2.13. The van der Waals surface area contributed by atoms with Crippen molar-refractivity contribution in [1.29, 1.82) is 0 Å².